The Hall–Kier alpha value is -1.07. The van der Waals surface area contributed by atoms with Gasteiger partial charge in [0.15, 0.2) is 0 Å². The maximum atomic E-state index is 11.9. The zero-order chi connectivity index (χ0) is 20.1. The minimum atomic E-state index is -3.24. The van der Waals surface area contributed by atoms with Crippen LogP contribution in [0.25, 0.3) is 0 Å². The highest BCUT2D eigenvalue weighted by molar-refractivity contribution is 7.92. The van der Waals surface area contributed by atoms with Gasteiger partial charge in [-0.05, 0) is 67.8 Å². The normalized spacial score (nSPS) is 24.3. The van der Waals surface area contributed by atoms with Gasteiger partial charge in [0.1, 0.15) is 0 Å². The van der Waals surface area contributed by atoms with E-state index in [-0.39, 0.29) is 11.2 Å². The van der Waals surface area contributed by atoms with E-state index in [1.807, 2.05) is 18.2 Å². The lowest BCUT2D eigenvalue weighted by molar-refractivity contribution is 0.109. The maximum absolute atomic E-state index is 11.9. The minimum Gasteiger partial charge on any atom is -0.303 e. The summed E-state index contributed by atoms with van der Waals surface area (Å²) in [5, 5.41) is 0. The molecule has 1 saturated heterocycles. The Morgan fingerprint density at radius 2 is 2.04 bits per heavy atom. The van der Waals surface area contributed by atoms with Crippen molar-refractivity contribution in [2.75, 3.05) is 30.1 Å². The Balaban J connectivity index is 2.00. The fourth-order valence-electron chi connectivity index (χ4n) is 4.03. The first-order valence-corrected chi connectivity index (χ1v) is 12.1. The van der Waals surface area contributed by atoms with Crippen molar-refractivity contribution in [3.63, 3.8) is 0 Å². The molecule has 1 aromatic carbocycles. The van der Waals surface area contributed by atoms with Gasteiger partial charge < -0.3 is 4.90 Å². The molecule has 27 heavy (non-hydrogen) atoms. The van der Waals surface area contributed by atoms with Gasteiger partial charge in [-0.15, -0.1) is 0 Å². The summed E-state index contributed by atoms with van der Waals surface area (Å²) < 4.78 is 26.5. The molecule has 1 N–H and O–H groups in total. The van der Waals surface area contributed by atoms with Gasteiger partial charge in [0.25, 0.3) is 0 Å². The number of anilines is 1. The number of sulfonamides is 1. The smallest absolute Gasteiger partial charge is 0.232 e. The predicted octanol–water partition coefficient (Wildman–Crippen LogP) is 4.87. The lowest BCUT2D eigenvalue weighted by Crippen LogP contribution is -2.47. The Kier molecular flexibility index (Phi) is 7.75. The lowest BCUT2D eigenvalue weighted by atomic mass is 9.68. The van der Waals surface area contributed by atoms with Gasteiger partial charge in [-0.3, -0.25) is 4.72 Å². The number of nitrogens with one attached hydrogen (secondary N) is 1. The summed E-state index contributed by atoms with van der Waals surface area (Å²) in [4.78, 5) is 2.61. The number of hydrogen-bond donors (Lipinski definition) is 1. The molecule has 1 aromatic rings. The molecular formula is C22H38N2O2S. The van der Waals surface area contributed by atoms with E-state index in [2.05, 4.69) is 43.4 Å². The Bertz CT molecular complexity index is 702. The fourth-order valence-corrected chi connectivity index (χ4v) is 4.66. The van der Waals surface area contributed by atoms with Gasteiger partial charge >= 0.3 is 0 Å². The van der Waals surface area contributed by atoms with Crippen LogP contribution in [0.4, 0.5) is 5.69 Å². The quantitative estimate of drug-likeness (QED) is 0.608. The number of likely N-dealkylation sites (tertiary alicyclic amines) is 1. The second-order valence-electron chi connectivity index (χ2n) is 8.85. The Morgan fingerprint density at radius 3 is 2.67 bits per heavy atom. The zero-order valence-corrected chi connectivity index (χ0v) is 18.6. The molecule has 1 heterocycles. The molecule has 0 aliphatic carbocycles. The molecule has 0 saturated carbocycles. The van der Waals surface area contributed by atoms with Crippen molar-refractivity contribution in [2.45, 2.75) is 65.7 Å². The van der Waals surface area contributed by atoms with Crippen LogP contribution < -0.4 is 4.72 Å². The van der Waals surface area contributed by atoms with Crippen molar-refractivity contribution in [3.8, 4) is 0 Å². The third-order valence-corrected chi connectivity index (χ3v) is 7.56. The van der Waals surface area contributed by atoms with E-state index >= 15 is 0 Å². The minimum absolute atomic E-state index is 0.0854. The first-order valence-electron chi connectivity index (χ1n) is 10.5. The maximum Gasteiger partial charge on any atom is 0.232 e. The van der Waals surface area contributed by atoms with Crippen molar-refractivity contribution >= 4 is 15.7 Å². The monoisotopic (exact) mass is 394 g/mol. The van der Waals surface area contributed by atoms with Gasteiger partial charge in [0.05, 0.1) is 5.75 Å². The second kappa shape index (κ2) is 9.42. The number of hydrogen-bond acceptors (Lipinski definition) is 3. The molecule has 1 fully saturated rings. The molecule has 0 spiro atoms. The van der Waals surface area contributed by atoms with Crippen LogP contribution >= 0.6 is 0 Å². The molecule has 2 atom stereocenters. The first kappa shape index (κ1) is 22.2. The molecule has 1 aliphatic rings. The number of piperidine rings is 1. The van der Waals surface area contributed by atoms with Crippen LogP contribution in [-0.2, 0) is 15.4 Å². The van der Waals surface area contributed by atoms with E-state index in [1.54, 1.807) is 6.92 Å². The van der Waals surface area contributed by atoms with Crippen LogP contribution in [0.5, 0.6) is 0 Å². The van der Waals surface area contributed by atoms with Crippen LogP contribution in [0, 0.1) is 11.8 Å². The van der Waals surface area contributed by atoms with E-state index < -0.39 is 10.0 Å². The summed E-state index contributed by atoms with van der Waals surface area (Å²) in [7, 11) is -3.24. The molecule has 0 amide bonds. The molecule has 0 aromatic heterocycles. The molecule has 154 valence electrons. The standard InChI is InChI=1S/C22H38N2O2S/c1-6-27(25,26)23-21-12-9-11-20(16-21)22(5)13-15-24(17-19(22)4)14-8-7-10-18(2)3/h9,11-12,16,18-19,23H,6-8,10,13-15,17H2,1-5H3/t19-,22-/m0/s1. The highest BCUT2D eigenvalue weighted by Crippen LogP contribution is 2.40. The number of nitrogens with zero attached hydrogens (tertiary/aromatic N) is 1. The average molecular weight is 395 g/mol. The molecule has 0 radical (unpaired) electrons. The second-order valence-corrected chi connectivity index (χ2v) is 10.9. The molecule has 1 aliphatic heterocycles. The van der Waals surface area contributed by atoms with Gasteiger partial charge in [-0.2, -0.15) is 0 Å². The number of unbranched alkanes of at least 4 members (excludes halogenated alkanes) is 1. The summed E-state index contributed by atoms with van der Waals surface area (Å²) in [6, 6.07) is 7.99. The van der Waals surface area contributed by atoms with Crippen LogP contribution in [0.1, 0.15) is 65.9 Å². The van der Waals surface area contributed by atoms with Gasteiger partial charge in [0, 0.05) is 12.2 Å². The average Bonchev–Trinajstić information content (AvgIpc) is 2.61. The number of benzene rings is 1. The number of rotatable bonds is 9. The van der Waals surface area contributed by atoms with Crippen LogP contribution in [0.2, 0.25) is 0 Å². The largest absolute Gasteiger partial charge is 0.303 e. The highest BCUT2D eigenvalue weighted by atomic mass is 32.2. The van der Waals surface area contributed by atoms with Crippen molar-refractivity contribution < 1.29 is 8.42 Å². The van der Waals surface area contributed by atoms with Gasteiger partial charge in [-0.1, -0.05) is 52.7 Å². The van der Waals surface area contributed by atoms with E-state index in [9.17, 15) is 8.42 Å². The Morgan fingerprint density at radius 1 is 1.30 bits per heavy atom. The summed E-state index contributed by atoms with van der Waals surface area (Å²) in [5.74, 6) is 1.43. The topological polar surface area (TPSA) is 49.4 Å². The predicted molar refractivity (Wildman–Crippen MR) is 116 cm³/mol. The summed E-state index contributed by atoms with van der Waals surface area (Å²) in [6.45, 7) is 14.4. The molecule has 0 bridgehead atoms. The molecule has 2 rings (SSSR count). The van der Waals surface area contributed by atoms with Crippen molar-refractivity contribution in [1.29, 1.82) is 0 Å². The lowest BCUT2D eigenvalue weighted by Gasteiger charge is -2.45. The van der Waals surface area contributed by atoms with Crippen LogP contribution in [0.3, 0.4) is 0 Å². The molecular weight excluding hydrogens is 356 g/mol. The van der Waals surface area contributed by atoms with Gasteiger partial charge in [0.2, 0.25) is 10.0 Å². The first-order chi connectivity index (χ1) is 12.7. The third-order valence-electron chi connectivity index (χ3n) is 6.25. The Labute approximate surface area is 166 Å². The summed E-state index contributed by atoms with van der Waals surface area (Å²) in [6.07, 6.45) is 5.04. The zero-order valence-electron chi connectivity index (χ0n) is 17.8. The van der Waals surface area contributed by atoms with Gasteiger partial charge in [-0.25, -0.2) is 8.42 Å². The molecule has 5 heteroatoms. The fraction of sp³-hybridized carbons (Fsp3) is 0.727. The van der Waals surface area contributed by atoms with Crippen LogP contribution in [0.15, 0.2) is 24.3 Å². The molecule has 4 nitrogen and oxygen atoms in total. The third kappa shape index (κ3) is 6.21. The highest BCUT2D eigenvalue weighted by Gasteiger charge is 2.37. The summed E-state index contributed by atoms with van der Waals surface area (Å²) in [5.41, 5.74) is 2.01. The van der Waals surface area contributed by atoms with E-state index in [4.69, 9.17) is 0 Å². The van der Waals surface area contributed by atoms with Crippen LogP contribution in [-0.4, -0.2) is 38.7 Å². The SMILES string of the molecule is CCS(=O)(=O)Nc1cccc([C@@]2(C)CCN(CCCCC(C)C)C[C@@H]2C)c1. The van der Waals surface area contributed by atoms with Crippen molar-refractivity contribution in [2.24, 2.45) is 11.8 Å². The van der Waals surface area contributed by atoms with E-state index in [0.29, 0.717) is 11.6 Å². The molecule has 0 unspecified atom stereocenters. The van der Waals surface area contributed by atoms with E-state index in [0.717, 1.165) is 25.4 Å². The van der Waals surface area contributed by atoms with E-state index in [1.165, 1.54) is 31.4 Å². The van der Waals surface area contributed by atoms with Crippen molar-refractivity contribution in [1.82, 2.24) is 4.90 Å². The summed E-state index contributed by atoms with van der Waals surface area (Å²) >= 11 is 0. The van der Waals surface area contributed by atoms with Crippen molar-refractivity contribution in [3.05, 3.63) is 29.8 Å².